The van der Waals surface area contributed by atoms with Crippen LogP contribution in [0.15, 0.2) is 36.7 Å². The summed E-state index contributed by atoms with van der Waals surface area (Å²) in [6.45, 7) is 1.51. The number of aromatic carboxylic acids is 1. The molecule has 0 spiro atoms. The predicted molar refractivity (Wildman–Crippen MR) is 73.1 cm³/mol. The molecular formula is C13H16N4O2. The number of nitrogens with zero attached hydrogens (tertiary/aromatic N) is 2. The molecule has 2 aromatic rings. The molecule has 0 radical (unpaired) electrons. The van der Waals surface area contributed by atoms with Gasteiger partial charge < -0.3 is 16.2 Å². The monoisotopic (exact) mass is 260 g/mol. The number of nitrogens with two attached hydrogens (primary N) is 1. The van der Waals surface area contributed by atoms with Gasteiger partial charge in [0.15, 0.2) is 0 Å². The summed E-state index contributed by atoms with van der Waals surface area (Å²) in [6.07, 6.45) is 4.51. The normalized spacial score (nSPS) is 10.3. The number of nitrogens with one attached hydrogen (secondary N) is 1. The molecule has 0 saturated carbocycles. The summed E-state index contributed by atoms with van der Waals surface area (Å²) in [6, 6.07) is 6.82. The summed E-state index contributed by atoms with van der Waals surface area (Å²) in [5.41, 5.74) is 6.85. The van der Waals surface area contributed by atoms with E-state index in [1.54, 1.807) is 18.3 Å². The van der Waals surface area contributed by atoms with E-state index in [-0.39, 0.29) is 11.3 Å². The van der Waals surface area contributed by atoms with Crippen molar-refractivity contribution < 1.29 is 9.90 Å². The molecule has 0 unspecified atom stereocenters. The molecule has 1 heterocycles. The number of hydrogen-bond acceptors (Lipinski definition) is 4. The first-order valence-electron chi connectivity index (χ1n) is 6.01. The quantitative estimate of drug-likeness (QED) is 0.542. The lowest BCUT2D eigenvalue weighted by Crippen LogP contribution is -2.10. The third-order valence-corrected chi connectivity index (χ3v) is 2.78. The van der Waals surface area contributed by atoms with Crippen LogP contribution in [0.25, 0.3) is 0 Å². The van der Waals surface area contributed by atoms with Gasteiger partial charge in [-0.3, -0.25) is 4.68 Å². The molecule has 2 rings (SSSR count). The number of aromatic nitrogens is 2. The number of nitrogen functional groups attached to an aromatic ring is 1. The van der Waals surface area contributed by atoms with E-state index in [9.17, 15) is 4.79 Å². The third-order valence-electron chi connectivity index (χ3n) is 2.78. The van der Waals surface area contributed by atoms with E-state index in [4.69, 9.17) is 10.8 Å². The number of aryl methyl sites for hydroxylation is 1. The summed E-state index contributed by atoms with van der Waals surface area (Å²) in [7, 11) is 0. The summed E-state index contributed by atoms with van der Waals surface area (Å²) in [5.74, 6) is -1.02. The Morgan fingerprint density at radius 2 is 2.26 bits per heavy atom. The van der Waals surface area contributed by atoms with Crippen LogP contribution in [0.5, 0.6) is 0 Å². The van der Waals surface area contributed by atoms with Gasteiger partial charge in [-0.25, -0.2) is 4.79 Å². The van der Waals surface area contributed by atoms with E-state index < -0.39 is 5.97 Å². The maximum atomic E-state index is 10.9. The lowest BCUT2D eigenvalue weighted by atomic mass is 10.1. The van der Waals surface area contributed by atoms with E-state index in [2.05, 4.69) is 10.4 Å². The van der Waals surface area contributed by atoms with E-state index in [1.165, 1.54) is 6.07 Å². The maximum absolute atomic E-state index is 10.9. The number of anilines is 2. The number of carboxylic acids is 1. The van der Waals surface area contributed by atoms with Crippen molar-refractivity contribution >= 4 is 17.3 Å². The van der Waals surface area contributed by atoms with Gasteiger partial charge in [0.1, 0.15) is 0 Å². The number of carbonyl (C=O) groups is 1. The Labute approximate surface area is 110 Å². The molecule has 0 amide bonds. The molecule has 19 heavy (non-hydrogen) atoms. The van der Waals surface area contributed by atoms with Crippen LogP contribution in [0.3, 0.4) is 0 Å². The van der Waals surface area contributed by atoms with Gasteiger partial charge in [0.25, 0.3) is 0 Å². The van der Waals surface area contributed by atoms with Crippen molar-refractivity contribution in [1.82, 2.24) is 9.78 Å². The van der Waals surface area contributed by atoms with Crippen molar-refractivity contribution in [2.24, 2.45) is 0 Å². The van der Waals surface area contributed by atoms with E-state index in [0.29, 0.717) is 12.2 Å². The molecule has 0 aliphatic heterocycles. The van der Waals surface area contributed by atoms with Gasteiger partial charge >= 0.3 is 5.97 Å². The van der Waals surface area contributed by atoms with Gasteiger partial charge in [-0.1, -0.05) is 6.07 Å². The Kier molecular flexibility index (Phi) is 4.02. The highest BCUT2D eigenvalue weighted by Crippen LogP contribution is 2.22. The smallest absolute Gasteiger partial charge is 0.337 e. The highest BCUT2D eigenvalue weighted by Gasteiger charge is 2.10. The predicted octanol–water partition coefficient (Wildman–Crippen LogP) is 1.67. The molecular weight excluding hydrogens is 244 g/mol. The van der Waals surface area contributed by atoms with Crippen LogP contribution in [0.4, 0.5) is 11.4 Å². The summed E-state index contributed by atoms with van der Waals surface area (Å²) in [5, 5.41) is 16.2. The molecule has 100 valence electrons. The molecule has 6 heteroatoms. The maximum Gasteiger partial charge on any atom is 0.337 e. The average Bonchev–Trinajstić information content (AvgIpc) is 2.89. The van der Waals surface area contributed by atoms with Gasteiger partial charge in [0.2, 0.25) is 0 Å². The minimum Gasteiger partial charge on any atom is -0.478 e. The first kappa shape index (κ1) is 12.9. The lowest BCUT2D eigenvalue weighted by Gasteiger charge is -2.11. The molecule has 0 aliphatic carbocycles. The Morgan fingerprint density at radius 3 is 2.95 bits per heavy atom. The van der Waals surface area contributed by atoms with Crippen LogP contribution < -0.4 is 11.1 Å². The third kappa shape index (κ3) is 3.25. The van der Waals surface area contributed by atoms with Gasteiger partial charge in [-0.15, -0.1) is 0 Å². The van der Waals surface area contributed by atoms with Crippen molar-refractivity contribution in [3.8, 4) is 0 Å². The molecule has 1 aromatic carbocycles. The number of carboxylic acid groups (broad SMARTS) is 1. The minimum atomic E-state index is -1.02. The fourth-order valence-electron chi connectivity index (χ4n) is 1.80. The summed E-state index contributed by atoms with van der Waals surface area (Å²) >= 11 is 0. The fourth-order valence-corrected chi connectivity index (χ4v) is 1.80. The summed E-state index contributed by atoms with van der Waals surface area (Å²) < 4.78 is 1.85. The first-order valence-corrected chi connectivity index (χ1v) is 6.01. The first-order chi connectivity index (χ1) is 9.18. The largest absolute Gasteiger partial charge is 0.478 e. The second kappa shape index (κ2) is 5.90. The van der Waals surface area contributed by atoms with Crippen molar-refractivity contribution in [1.29, 1.82) is 0 Å². The van der Waals surface area contributed by atoms with Crippen LogP contribution in [0, 0.1) is 0 Å². The number of benzene rings is 1. The molecule has 0 fully saturated rings. The van der Waals surface area contributed by atoms with E-state index >= 15 is 0 Å². The topological polar surface area (TPSA) is 93.2 Å². The number of rotatable bonds is 6. The van der Waals surface area contributed by atoms with Crippen molar-refractivity contribution in [2.45, 2.75) is 13.0 Å². The van der Waals surface area contributed by atoms with Crippen LogP contribution >= 0.6 is 0 Å². The summed E-state index contributed by atoms with van der Waals surface area (Å²) in [4.78, 5) is 10.9. The number of hydrogen-bond donors (Lipinski definition) is 3. The van der Waals surface area contributed by atoms with Crippen molar-refractivity contribution in [3.05, 3.63) is 42.2 Å². The van der Waals surface area contributed by atoms with Gasteiger partial charge in [0, 0.05) is 25.5 Å². The Balaban J connectivity index is 1.89. The van der Waals surface area contributed by atoms with Crippen LogP contribution in [0.1, 0.15) is 16.8 Å². The highest BCUT2D eigenvalue weighted by atomic mass is 16.4. The minimum absolute atomic E-state index is 0.122. The molecule has 0 atom stereocenters. The van der Waals surface area contributed by atoms with Crippen LogP contribution in [0.2, 0.25) is 0 Å². The van der Waals surface area contributed by atoms with E-state index in [0.717, 1.165) is 13.0 Å². The standard InChI is InChI=1S/C13H16N4O2/c14-12-10(13(18)19)4-1-5-11(12)15-6-2-8-17-9-3-7-16-17/h1,3-5,7,9,15H,2,6,8,14H2,(H,18,19). The second-order valence-corrected chi connectivity index (χ2v) is 4.12. The van der Waals surface area contributed by atoms with Crippen LogP contribution in [-0.4, -0.2) is 27.4 Å². The fraction of sp³-hybridized carbons (Fsp3) is 0.231. The SMILES string of the molecule is Nc1c(NCCCn2cccn2)cccc1C(=O)O. The molecule has 1 aromatic heterocycles. The lowest BCUT2D eigenvalue weighted by molar-refractivity contribution is 0.0698. The second-order valence-electron chi connectivity index (χ2n) is 4.12. The zero-order valence-electron chi connectivity index (χ0n) is 10.4. The molecule has 6 nitrogen and oxygen atoms in total. The number of para-hydroxylation sites is 1. The van der Waals surface area contributed by atoms with Gasteiger partial charge in [0.05, 0.1) is 16.9 Å². The molecule has 4 N–H and O–H groups in total. The molecule has 0 aliphatic rings. The van der Waals surface area contributed by atoms with Crippen molar-refractivity contribution in [3.63, 3.8) is 0 Å². The van der Waals surface area contributed by atoms with E-state index in [1.807, 2.05) is 16.9 Å². The Hall–Kier alpha value is -2.50. The molecule has 0 bridgehead atoms. The Morgan fingerprint density at radius 1 is 1.42 bits per heavy atom. The van der Waals surface area contributed by atoms with Gasteiger partial charge in [-0.05, 0) is 24.6 Å². The Bertz CT molecular complexity index is 552. The van der Waals surface area contributed by atoms with Gasteiger partial charge in [-0.2, -0.15) is 5.10 Å². The zero-order valence-corrected chi connectivity index (χ0v) is 10.4. The zero-order chi connectivity index (χ0) is 13.7. The highest BCUT2D eigenvalue weighted by molar-refractivity contribution is 5.97. The molecule has 0 saturated heterocycles. The average molecular weight is 260 g/mol. The van der Waals surface area contributed by atoms with Crippen molar-refractivity contribution in [2.75, 3.05) is 17.6 Å². The van der Waals surface area contributed by atoms with Crippen LogP contribution in [-0.2, 0) is 6.54 Å².